The Bertz CT molecular complexity index is 464. The van der Waals surface area contributed by atoms with Crippen LogP contribution in [0.3, 0.4) is 0 Å². The van der Waals surface area contributed by atoms with Crippen LogP contribution in [0.15, 0.2) is 30.3 Å². The molecule has 0 bridgehead atoms. The van der Waals surface area contributed by atoms with Crippen molar-refractivity contribution >= 4 is 5.97 Å². The first kappa shape index (κ1) is 16.9. The summed E-state index contributed by atoms with van der Waals surface area (Å²) < 4.78 is 0. The summed E-state index contributed by atoms with van der Waals surface area (Å²) in [6.07, 6.45) is 0.708. The van der Waals surface area contributed by atoms with Crippen LogP contribution in [-0.2, 0) is 11.3 Å². The van der Waals surface area contributed by atoms with Crippen molar-refractivity contribution < 1.29 is 15.0 Å². The molecule has 3 atom stereocenters. The van der Waals surface area contributed by atoms with Crippen molar-refractivity contribution in [2.24, 2.45) is 5.92 Å². The smallest absolute Gasteiger partial charge is 0.304 e. The number of nitrogens with zero attached hydrogens (tertiary/aromatic N) is 1. The third-order valence-electron chi connectivity index (χ3n) is 4.32. The second-order valence-corrected chi connectivity index (χ2v) is 6.20. The van der Waals surface area contributed by atoms with Crippen molar-refractivity contribution in [2.75, 3.05) is 19.6 Å². The van der Waals surface area contributed by atoms with Crippen LogP contribution in [0.4, 0.5) is 0 Å². The first-order valence-corrected chi connectivity index (χ1v) is 7.94. The fourth-order valence-corrected chi connectivity index (χ4v) is 3.02. The highest BCUT2D eigenvalue weighted by atomic mass is 16.4. The standard InChI is InChI=1S/C17H26N2O3/c1-13(20)15-9-16(12-19(11-15)8-7-17(21)22)18-10-14-5-3-2-4-6-14/h2-6,13,15-16,18,20H,7-12H2,1H3,(H,21,22). The van der Waals surface area contributed by atoms with Gasteiger partial charge in [0.05, 0.1) is 12.5 Å². The van der Waals surface area contributed by atoms with E-state index in [0.717, 1.165) is 26.1 Å². The molecule has 0 saturated carbocycles. The number of aliphatic carboxylic acids is 1. The fourth-order valence-electron chi connectivity index (χ4n) is 3.02. The minimum atomic E-state index is -0.770. The van der Waals surface area contributed by atoms with Crippen LogP contribution in [-0.4, -0.2) is 52.9 Å². The van der Waals surface area contributed by atoms with E-state index in [1.54, 1.807) is 0 Å². The van der Waals surface area contributed by atoms with Crippen LogP contribution < -0.4 is 5.32 Å². The molecule has 1 aromatic carbocycles. The van der Waals surface area contributed by atoms with Gasteiger partial charge < -0.3 is 20.4 Å². The summed E-state index contributed by atoms with van der Waals surface area (Å²) in [6.45, 7) is 4.77. The number of carboxylic acids is 1. The summed E-state index contributed by atoms with van der Waals surface area (Å²) in [5.41, 5.74) is 1.23. The maximum atomic E-state index is 10.8. The minimum Gasteiger partial charge on any atom is -0.481 e. The largest absolute Gasteiger partial charge is 0.481 e. The van der Waals surface area contributed by atoms with Gasteiger partial charge in [0.25, 0.3) is 0 Å². The van der Waals surface area contributed by atoms with Crippen LogP contribution in [0.5, 0.6) is 0 Å². The number of aliphatic hydroxyl groups is 1. The van der Waals surface area contributed by atoms with Gasteiger partial charge in [-0.2, -0.15) is 0 Å². The van der Waals surface area contributed by atoms with E-state index in [1.165, 1.54) is 5.56 Å². The van der Waals surface area contributed by atoms with Gasteiger partial charge in [-0.3, -0.25) is 4.79 Å². The molecule has 0 amide bonds. The molecule has 122 valence electrons. The third kappa shape index (κ3) is 5.40. The Morgan fingerprint density at radius 2 is 2.09 bits per heavy atom. The highest BCUT2D eigenvalue weighted by molar-refractivity contribution is 5.66. The lowest BCUT2D eigenvalue weighted by atomic mass is 9.90. The number of carboxylic acid groups (broad SMARTS) is 1. The lowest BCUT2D eigenvalue weighted by Gasteiger charge is -2.39. The zero-order valence-corrected chi connectivity index (χ0v) is 13.1. The van der Waals surface area contributed by atoms with Gasteiger partial charge in [-0.25, -0.2) is 0 Å². The monoisotopic (exact) mass is 306 g/mol. The molecule has 3 unspecified atom stereocenters. The summed E-state index contributed by atoms with van der Waals surface area (Å²) in [7, 11) is 0. The van der Waals surface area contributed by atoms with E-state index < -0.39 is 5.97 Å². The van der Waals surface area contributed by atoms with Gasteiger partial charge in [0, 0.05) is 32.2 Å². The number of piperidine rings is 1. The van der Waals surface area contributed by atoms with Crippen LogP contribution in [0.1, 0.15) is 25.3 Å². The van der Waals surface area contributed by atoms with Crippen molar-refractivity contribution in [1.29, 1.82) is 0 Å². The second-order valence-electron chi connectivity index (χ2n) is 6.20. The lowest BCUT2D eigenvalue weighted by molar-refractivity contribution is -0.137. The van der Waals surface area contributed by atoms with Gasteiger partial charge in [-0.15, -0.1) is 0 Å². The average Bonchev–Trinajstić information content (AvgIpc) is 2.52. The Morgan fingerprint density at radius 1 is 1.36 bits per heavy atom. The lowest BCUT2D eigenvalue weighted by Crippen LogP contribution is -2.51. The van der Waals surface area contributed by atoms with Gasteiger partial charge in [0.1, 0.15) is 0 Å². The molecule has 0 radical (unpaired) electrons. The molecule has 1 aliphatic heterocycles. The summed E-state index contributed by atoms with van der Waals surface area (Å²) in [4.78, 5) is 12.9. The predicted molar refractivity (Wildman–Crippen MR) is 85.6 cm³/mol. The number of aliphatic hydroxyl groups excluding tert-OH is 1. The van der Waals surface area contributed by atoms with Crippen molar-refractivity contribution in [3.8, 4) is 0 Å². The molecule has 2 rings (SSSR count). The average molecular weight is 306 g/mol. The molecule has 1 fully saturated rings. The minimum absolute atomic E-state index is 0.151. The molecule has 0 aliphatic carbocycles. The van der Waals surface area contributed by atoms with Gasteiger partial charge in [0.15, 0.2) is 0 Å². The van der Waals surface area contributed by atoms with Crippen LogP contribution >= 0.6 is 0 Å². The molecule has 3 N–H and O–H groups in total. The highest BCUT2D eigenvalue weighted by Gasteiger charge is 2.29. The van der Waals surface area contributed by atoms with Crippen molar-refractivity contribution in [3.63, 3.8) is 0 Å². The number of hydrogen-bond donors (Lipinski definition) is 3. The van der Waals surface area contributed by atoms with Crippen molar-refractivity contribution in [2.45, 2.75) is 38.5 Å². The van der Waals surface area contributed by atoms with Crippen LogP contribution in [0, 0.1) is 5.92 Å². The number of hydrogen-bond acceptors (Lipinski definition) is 4. The molecule has 0 spiro atoms. The number of nitrogens with one attached hydrogen (secondary N) is 1. The topological polar surface area (TPSA) is 72.8 Å². The van der Waals surface area contributed by atoms with E-state index in [4.69, 9.17) is 5.11 Å². The summed E-state index contributed by atoms with van der Waals surface area (Å²) in [5, 5.41) is 22.3. The van der Waals surface area contributed by atoms with E-state index in [0.29, 0.717) is 6.54 Å². The Balaban J connectivity index is 1.89. The summed E-state index contributed by atoms with van der Waals surface area (Å²) in [5.74, 6) is -0.580. The van der Waals surface area contributed by atoms with E-state index in [1.807, 2.05) is 25.1 Å². The summed E-state index contributed by atoms with van der Waals surface area (Å²) in [6, 6.07) is 10.5. The Hall–Kier alpha value is -1.43. The highest BCUT2D eigenvalue weighted by Crippen LogP contribution is 2.21. The number of benzene rings is 1. The van der Waals surface area contributed by atoms with E-state index >= 15 is 0 Å². The maximum absolute atomic E-state index is 10.8. The Kier molecular flexibility index (Phi) is 6.36. The Morgan fingerprint density at radius 3 is 2.73 bits per heavy atom. The van der Waals surface area contributed by atoms with Gasteiger partial charge in [0.2, 0.25) is 0 Å². The van der Waals surface area contributed by atoms with Gasteiger partial charge in [-0.05, 0) is 24.8 Å². The zero-order valence-electron chi connectivity index (χ0n) is 13.1. The number of carbonyl (C=O) groups is 1. The molecule has 22 heavy (non-hydrogen) atoms. The van der Waals surface area contributed by atoms with E-state index in [2.05, 4.69) is 22.3 Å². The normalized spacial score (nSPS) is 24.1. The quantitative estimate of drug-likeness (QED) is 0.709. The molecule has 0 aromatic heterocycles. The molecule has 5 nitrogen and oxygen atoms in total. The molecule has 1 aromatic rings. The van der Waals surface area contributed by atoms with E-state index in [-0.39, 0.29) is 24.5 Å². The first-order valence-electron chi connectivity index (χ1n) is 7.94. The predicted octanol–water partition coefficient (Wildman–Crippen LogP) is 1.32. The molecule has 5 heteroatoms. The zero-order chi connectivity index (χ0) is 15.9. The molecular formula is C17H26N2O3. The number of likely N-dealkylation sites (tertiary alicyclic amines) is 1. The fraction of sp³-hybridized carbons (Fsp3) is 0.588. The molecular weight excluding hydrogens is 280 g/mol. The SMILES string of the molecule is CC(O)C1CC(NCc2ccccc2)CN(CCC(=O)O)C1. The van der Waals surface area contributed by atoms with E-state index in [9.17, 15) is 9.90 Å². The van der Waals surface area contributed by atoms with Crippen molar-refractivity contribution in [3.05, 3.63) is 35.9 Å². The molecule has 1 aliphatic rings. The van der Waals surface area contributed by atoms with Crippen molar-refractivity contribution in [1.82, 2.24) is 10.2 Å². The summed E-state index contributed by atoms with van der Waals surface area (Å²) >= 11 is 0. The van der Waals surface area contributed by atoms with Gasteiger partial charge >= 0.3 is 5.97 Å². The number of rotatable bonds is 7. The maximum Gasteiger partial charge on any atom is 0.304 e. The second kappa shape index (κ2) is 8.27. The third-order valence-corrected chi connectivity index (χ3v) is 4.32. The van der Waals surface area contributed by atoms with Gasteiger partial charge in [-0.1, -0.05) is 30.3 Å². The molecule has 1 saturated heterocycles. The molecule has 1 heterocycles. The van der Waals surface area contributed by atoms with Crippen LogP contribution in [0.25, 0.3) is 0 Å². The first-order chi connectivity index (χ1) is 10.5. The van der Waals surface area contributed by atoms with Crippen LogP contribution in [0.2, 0.25) is 0 Å². The Labute approximate surface area is 131 Å².